The molecular weight excluding hydrogens is 166 g/mol. The van der Waals surface area contributed by atoms with Crippen LogP contribution in [0.5, 0.6) is 0 Å². The number of hydrogen-bond acceptors (Lipinski definition) is 1. The van der Waals surface area contributed by atoms with E-state index in [1.54, 1.807) is 0 Å². The van der Waals surface area contributed by atoms with Crippen LogP contribution in [0.4, 0.5) is 0 Å². The smallest absolute Gasteiger partial charge is 0.122 e. The summed E-state index contributed by atoms with van der Waals surface area (Å²) in [4.78, 5) is 0. The fraction of sp³-hybridized carbons (Fsp3) is 1.00. The van der Waals surface area contributed by atoms with Crippen molar-refractivity contribution in [1.29, 1.82) is 0 Å². The summed E-state index contributed by atoms with van der Waals surface area (Å²) in [7, 11) is -0.503. The Morgan fingerprint density at radius 2 is 1.09 bits per heavy atom. The first kappa shape index (κ1) is 11.4. The quantitative estimate of drug-likeness (QED) is 0.601. The van der Waals surface area contributed by atoms with E-state index >= 15 is 0 Å². The molecule has 2 radical (unpaired) electrons. The van der Waals surface area contributed by atoms with Crippen molar-refractivity contribution in [3.8, 4) is 0 Å². The maximum absolute atomic E-state index is 2.72. The summed E-state index contributed by atoms with van der Waals surface area (Å²) < 4.78 is 2.72. The molecule has 66 valence electrons. The van der Waals surface area contributed by atoms with Crippen molar-refractivity contribution in [2.45, 2.75) is 52.5 Å². The second kappa shape index (κ2) is 3.87. The Morgan fingerprint density at radius 1 is 0.818 bits per heavy atom. The first-order valence-electron chi connectivity index (χ1n) is 4.17. The van der Waals surface area contributed by atoms with Gasteiger partial charge in [0.2, 0.25) is 0 Å². The zero-order chi connectivity index (χ0) is 9.23. The molecule has 0 saturated carbocycles. The zero-order valence-electron chi connectivity index (χ0n) is 8.95. The Labute approximate surface area is 75.2 Å². The summed E-state index contributed by atoms with van der Waals surface area (Å²) in [6.45, 7) is 16.5. The Bertz CT molecular complexity index is 108. The molecule has 0 fully saturated rings. The van der Waals surface area contributed by atoms with E-state index in [0.717, 1.165) is 0 Å². The summed E-state index contributed by atoms with van der Waals surface area (Å²) in [5.74, 6) is 0. The van der Waals surface area contributed by atoms with Crippen molar-refractivity contribution in [2.24, 2.45) is 0 Å². The van der Waals surface area contributed by atoms with E-state index in [0.29, 0.717) is 5.54 Å². The van der Waals surface area contributed by atoms with Crippen LogP contribution in [0.3, 0.4) is 0 Å². The monoisotopic (exact) mass is 187 g/mol. The van der Waals surface area contributed by atoms with E-state index in [-0.39, 0.29) is 17.9 Å². The molecular formula is C8H21NSi2. The third-order valence-corrected chi connectivity index (χ3v) is 7.38. The van der Waals surface area contributed by atoms with Gasteiger partial charge in [0.1, 0.15) is 17.9 Å². The van der Waals surface area contributed by atoms with E-state index in [2.05, 4.69) is 51.2 Å². The molecule has 0 aliphatic carbocycles. The van der Waals surface area contributed by atoms with Crippen molar-refractivity contribution in [1.82, 2.24) is 4.23 Å². The predicted molar refractivity (Wildman–Crippen MR) is 56.6 cm³/mol. The Balaban J connectivity index is 4.35. The van der Waals surface area contributed by atoms with Gasteiger partial charge in [-0.25, -0.2) is 0 Å². The molecule has 0 heterocycles. The van der Waals surface area contributed by atoms with Gasteiger partial charge < -0.3 is 4.23 Å². The SMILES string of the molecule is C[Si](C)N([Si](C)C)C(C)(C)C. The molecule has 0 aromatic carbocycles. The molecule has 1 nitrogen and oxygen atoms in total. The number of rotatable bonds is 2. The molecule has 0 spiro atoms. The Kier molecular flexibility index (Phi) is 4.01. The summed E-state index contributed by atoms with van der Waals surface area (Å²) in [6.07, 6.45) is 0. The average molecular weight is 187 g/mol. The number of hydrogen-bond donors (Lipinski definition) is 0. The van der Waals surface area contributed by atoms with Crippen LogP contribution >= 0.6 is 0 Å². The maximum Gasteiger partial charge on any atom is 0.122 e. The lowest BCUT2D eigenvalue weighted by molar-refractivity contribution is 0.365. The van der Waals surface area contributed by atoms with Crippen LogP contribution in [-0.4, -0.2) is 27.7 Å². The highest BCUT2D eigenvalue weighted by atomic mass is 28.3. The average Bonchev–Trinajstić information content (AvgIpc) is 1.54. The summed E-state index contributed by atoms with van der Waals surface area (Å²) in [5, 5.41) is 0. The molecule has 3 heteroatoms. The second-order valence-electron chi connectivity index (χ2n) is 4.40. The fourth-order valence-corrected chi connectivity index (χ4v) is 8.05. The van der Waals surface area contributed by atoms with Crippen molar-refractivity contribution in [3.05, 3.63) is 0 Å². The highest BCUT2D eigenvalue weighted by Gasteiger charge is 2.27. The fourth-order valence-electron chi connectivity index (χ4n) is 1.79. The highest BCUT2D eigenvalue weighted by molar-refractivity contribution is 6.70. The molecule has 0 aromatic heterocycles. The van der Waals surface area contributed by atoms with Crippen LogP contribution in [0.2, 0.25) is 26.2 Å². The van der Waals surface area contributed by atoms with Crippen LogP contribution in [0.25, 0.3) is 0 Å². The van der Waals surface area contributed by atoms with Crippen LogP contribution in [0, 0.1) is 0 Å². The topological polar surface area (TPSA) is 3.24 Å². The third kappa shape index (κ3) is 3.53. The van der Waals surface area contributed by atoms with Gasteiger partial charge in [0.05, 0.1) is 0 Å². The molecule has 0 atom stereocenters. The van der Waals surface area contributed by atoms with Gasteiger partial charge >= 0.3 is 0 Å². The summed E-state index contributed by atoms with van der Waals surface area (Å²) in [6, 6.07) is 0. The zero-order valence-corrected chi connectivity index (χ0v) is 10.9. The maximum atomic E-state index is 2.72. The van der Waals surface area contributed by atoms with Crippen LogP contribution < -0.4 is 0 Å². The molecule has 0 rings (SSSR count). The van der Waals surface area contributed by atoms with Gasteiger partial charge in [-0.15, -0.1) is 0 Å². The predicted octanol–water partition coefficient (Wildman–Crippen LogP) is 2.59. The molecule has 0 amide bonds. The molecule has 0 aliphatic heterocycles. The molecule has 0 saturated heterocycles. The molecule has 0 bridgehead atoms. The lowest BCUT2D eigenvalue weighted by atomic mass is 10.1. The third-order valence-electron chi connectivity index (χ3n) is 1.57. The van der Waals surface area contributed by atoms with E-state index in [9.17, 15) is 0 Å². The summed E-state index contributed by atoms with van der Waals surface area (Å²) >= 11 is 0. The van der Waals surface area contributed by atoms with Gasteiger partial charge in [-0.1, -0.05) is 26.2 Å². The van der Waals surface area contributed by atoms with Crippen molar-refractivity contribution in [3.63, 3.8) is 0 Å². The lowest BCUT2D eigenvalue weighted by Gasteiger charge is -2.41. The van der Waals surface area contributed by atoms with Gasteiger partial charge in [-0.3, -0.25) is 0 Å². The minimum Gasteiger partial charge on any atom is -0.343 e. The van der Waals surface area contributed by atoms with E-state index in [1.165, 1.54) is 0 Å². The van der Waals surface area contributed by atoms with Gasteiger partial charge in [-0.2, -0.15) is 0 Å². The lowest BCUT2D eigenvalue weighted by Crippen LogP contribution is -2.54. The summed E-state index contributed by atoms with van der Waals surface area (Å²) in [5.41, 5.74) is 0.385. The van der Waals surface area contributed by atoms with Gasteiger partial charge in [-0.05, 0) is 26.3 Å². The van der Waals surface area contributed by atoms with Crippen molar-refractivity contribution in [2.75, 3.05) is 0 Å². The Hall–Kier alpha value is 0.394. The van der Waals surface area contributed by atoms with Crippen molar-refractivity contribution < 1.29 is 0 Å². The van der Waals surface area contributed by atoms with Gasteiger partial charge in [0.15, 0.2) is 0 Å². The van der Waals surface area contributed by atoms with E-state index in [4.69, 9.17) is 0 Å². The van der Waals surface area contributed by atoms with Crippen LogP contribution in [0.15, 0.2) is 0 Å². The number of nitrogens with zero attached hydrogens (tertiary/aromatic N) is 1. The molecule has 0 aromatic rings. The molecule has 0 unspecified atom stereocenters. The van der Waals surface area contributed by atoms with Crippen LogP contribution in [0.1, 0.15) is 20.8 Å². The largest absolute Gasteiger partial charge is 0.343 e. The molecule has 11 heavy (non-hydrogen) atoms. The first-order chi connectivity index (χ1) is 4.76. The van der Waals surface area contributed by atoms with E-state index < -0.39 is 0 Å². The van der Waals surface area contributed by atoms with Gasteiger partial charge in [0.25, 0.3) is 0 Å². The first-order valence-corrected chi connectivity index (χ1v) is 9.07. The molecule has 0 N–H and O–H groups in total. The normalized spacial score (nSPS) is 13.6. The molecule has 0 aliphatic rings. The van der Waals surface area contributed by atoms with Gasteiger partial charge in [0, 0.05) is 0 Å². The second-order valence-corrected chi connectivity index (χ2v) is 9.53. The highest BCUT2D eigenvalue weighted by Crippen LogP contribution is 2.16. The van der Waals surface area contributed by atoms with Crippen LogP contribution in [-0.2, 0) is 0 Å². The van der Waals surface area contributed by atoms with Crippen molar-refractivity contribution >= 4 is 17.9 Å². The minimum absolute atomic E-state index is 0.251. The minimum atomic E-state index is -0.251. The Morgan fingerprint density at radius 3 is 1.09 bits per heavy atom. The van der Waals surface area contributed by atoms with E-state index in [1.807, 2.05) is 0 Å². The standard InChI is InChI=1S/C8H21NSi2/c1-8(2,3)9(10(4)5)11(6)7/h1-7H3.